The Hall–Kier alpha value is 0.500. The fourth-order valence-electron chi connectivity index (χ4n) is 0.280. The number of aliphatic hydroxyl groups is 2. The minimum Gasteiger partial charge on any atom is -0.394 e. The maximum atomic E-state index is 8.61. The van der Waals surface area contributed by atoms with Crippen LogP contribution in [0, 0.1) is 0 Å². The smallest absolute Gasteiger partial charge is 0.110 e. The van der Waals surface area contributed by atoms with Crippen LogP contribution in [0.25, 0.3) is 0 Å². The van der Waals surface area contributed by atoms with E-state index in [9.17, 15) is 0 Å². The number of rotatable bonds is 3. The summed E-state index contributed by atoms with van der Waals surface area (Å²) in [5, 5.41) is 16.8. The summed E-state index contributed by atoms with van der Waals surface area (Å²) in [6, 6.07) is 0. The summed E-state index contributed by atoms with van der Waals surface area (Å²) in [5.41, 5.74) is 0. The fourth-order valence-corrected chi connectivity index (χ4v) is 0.692. The largest absolute Gasteiger partial charge is 0.394 e. The average Bonchev–Trinajstić information content (AvgIpc) is 1.65. The van der Waals surface area contributed by atoms with Gasteiger partial charge in [-0.25, -0.2) is 0 Å². The molecule has 0 aromatic heterocycles. The van der Waals surface area contributed by atoms with Crippen LogP contribution in [0.2, 0.25) is 0 Å². The highest BCUT2D eigenvalue weighted by Crippen LogP contribution is 2.08. The van der Waals surface area contributed by atoms with Crippen LogP contribution < -0.4 is 0 Å². The molecule has 2 N–H and O–H groups in total. The molecule has 0 aliphatic rings. The van der Waals surface area contributed by atoms with Crippen LogP contribution in [-0.4, -0.2) is 27.8 Å². The van der Waals surface area contributed by atoms with Gasteiger partial charge in [-0.2, -0.15) is 0 Å². The molecule has 0 radical (unpaired) electrons. The molecule has 4 heteroatoms. The fraction of sp³-hybridized carbons (Fsp3) is 1.00. The lowest BCUT2D eigenvalue weighted by atomic mass is 10.3. The van der Waals surface area contributed by atoms with Crippen molar-refractivity contribution in [2.45, 2.75) is 17.4 Å². The van der Waals surface area contributed by atoms with Crippen molar-refractivity contribution in [3.8, 4) is 0 Å². The number of halogens is 2. The van der Waals surface area contributed by atoms with Crippen LogP contribution in [-0.2, 0) is 0 Å². The van der Waals surface area contributed by atoms with Crippen molar-refractivity contribution in [2.75, 3.05) is 6.61 Å². The zero-order valence-electron chi connectivity index (χ0n) is 4.22. The minimum absolute atomic E-state index is 0.222. The second-order valence-electron chi connectivity index (χ2n) is 1.46. The number of aliphatic hydroxyl groups excluding tert-OH is 2. The second-order valence-corrected chi connectivity index (χ2v) is 2.74. The molecule has 0 fully saturated rings. The van der Waals surface area contributed by atoms with Gasteiger partial charge in [0.2, 0.25) is 0 Å². The zero-order valence-corrected chi connectivity index (χ0v) is 5.73. The standard InChI is InChI=1S/C4H8Cl2O2/c5-4(6)1-3(8)2-7/h3-4,7-8H,1-2H2. The van der Waals surface area contributed by atoms with Gasteiger partial charge in [-0.3, -0.25) is 0 Å². The van der Waals surface area contributed by atoms with Crippen molar-refractivity contribution in [3.05, 3.63) is 0 Å². The van der Waals surface area contributed by atoms with Gasteiger partial charge >= 0.3 is 0 Å². The lowest BCUT2D eigenvalue weighted by Crippen LogP contribution is -2.14. The van der Waals surface area contributed by atoms with Crippen LogP contribution in [0.15, 0.2) is 0 Å². The third-order valence-corrected chi connectivity index (χ3v) is 1.02. The minimum atomic E-state index is -0.782. The average molecular weight is 159 g/mol. The first-order valence-corrected chi connectivity index (χ1v) is 3.11. The molecule has 0 aromatic carbocycles. The number of hydrogen-bond acceptors (Lipinski definition) is 2. The third-order valence-electron chi connectivity index (χ3n) is 0.661. The van der Waals surface area contributed by atoms with E-state index in [1.807, 2.05) is 0 Å². The summed E-state index contributed by atoms with van der Waals surface area (Å²) >= 11 is 10.5. The van der Waals surface area contributed by atoms with Crippen molar-refractivity contribution in [2.24, 2.45) is 0 Å². The molecular weight excluding hydrogens is 151 g/mol. The van der Waals surface area contributed by atoms with Crippen LogP contribution in [0.3, 0.4) is 0 Å². The highest BCUT2D eigenvalue weighted by molar-refractivity contribution is 6.44. The molecule has 0 amide bonds. The van der Waals surface area contributed by atoms with Crippen molar-refractivity contribution in [1.82, 2.24) is 0 Å². The maximum absolute atomic E-state index is 8.61. The maximum Gasteiger partial charge on any atom is 0.110 e. The first-order chi connectivity index (χ1) is 3.66. The molecule has 1 unspecified atom stereocenters. The second kappa shape index (κ2) is 4.39. The van der Waals surface area contributed by atoms with E-state index in [0.29, 0.717) is 0 Å². The van der Waals surface area contributed by atoms with Gasteiger partial charge in [0.05, 0.1) is 12.7 Å². The van der Waals surface area contributed by atoms with Gasteiger partial charge in [0.25, 0.3) is 0 Å². The van der Waals surface area contributed by atoms with Gasteiger partial charge in [0.15, 0.2) is 0 Å². The predicted octanol–water partition coefficient (Wildman–Crippen LogP) is 0.533. The molecule has 0 rings (SSSR count). The molecular formula is C4H8Cl2O2. The lowest BCUT2D eigenvalue weighted by molar-refractivity contribution is 0.0912. The Morgan fingerprint density at radius 2 is 1.88 bits per heavy atom. The van der Waals surface area contributed by atoms with Crippen molar-refractivity contribution >= 4 is 23.2 Å². The van der Waals surface area contributed by atoms with E-state index in [2.05, 4.69) is 0 Å². The van der Waals surface area contributed by atoms with Crippen LogP contribution in [0.1, 0.15) is 6.42 Å². The van der Waals surface area contributed by atoms with Gasteiger partial charge in [-0.05, 0) is 0 Å². The van der Waals surface area contributed by atoms with Gasteiger partial charge < -0.3 is 10.2 Å². The Bertz CT molecular complexity index is 58.0. The van der Waals surface area contributed by atoms with Gasteiger partial charge in [-0.1, -0.05) is 0 Å². The lowest BCUT2D eigenvalue weighted by Gasteiger charge is -2.04. The predicted molar refractivity (Wildman–Crippen MR) is 33.2 cm³/mol. The molecule has 0 saturated carbocycles. The van der Waals surface area contributed by atoms with Crippen molar-refractivity contribution in [1.29, 1.82) is 0 Å². The molecule has 0 aliphatic heterocycles. The van der Waals surface area contributed by atoms with E-state index in [0.717, 1.165) is 0 Å². The third kappa shape index (κ3) is 4.65. The summed E-state index contributed by atoms with van der Waals surface area (Å²) in [4.78, 5) is -0.586. The Morgan fingerprint density at radius 1 is 1.38 bits per heavy atom. The van der Waals surface area contributed by atoms with Gasteiger partial charge in [-0.15, -0.1) is 23.2 Å². The van der Waals surface area contributed by atoms with Crippen LogP contribution in [0.4, 0.5) is 0 Å². The normalized spacial score (nSPS) is 14.6. The summed E-state index contributed by atoms with van der Waals surface area (Å²) in [6.45, 7) is -0.282. The molecule has 50 valence electrons. The van der Waals surface area contributed by atoms with E-state index >= 15 is 0 Å². The summed E-state index contributed by atoms with van der Waals surface area (Å²) in [6.07, 6.45) is -0.561. The summed E-state index contributed by atoms with van der Waals surface area (Å²) in [5.74, 6) is 0. The highest BCUT2D eigenvalue weighted by Gasteiger charge is 2.06. The highest BCUT2D eigenvalue weighted by atomic mass is 35.5. The quantitative estimate of drug-likeness (QED) is 0.589. The Morgan fingerprint density at radius 3 is 2.00 bits per heavy atom. The molecule has 2 nitrogen and oxygen atoms in total. The van der Waals surface area contributed by atoms with E-state index in [1.54, 1.807) is 0 Å². The van der Waals surface area contributed by atoms with E-state index in [4.69, 9.17) is 33.4 Å². The van der Waals surface area contributed by atoms with Gasteiger partial charge in [0.1, 0.15) is 4.84 Å². The molecule has 0 heterocycles. The molecule has 0 saturated heterocycles. The Labute approximate surface area is 58.0 Å². The molecule has 0 spiro atoms. The molecule has 0 aliphatic carbocycles. The number of hydrogen-bond donors (Lipinski definition) is 2. The van der Waals surface area contributed by atoms with Gasteiger partial charge in [0, 0.05) is 6.42 Å². The first kappa shape index (κ1) is 8.50. The number of alkyl halides is 2. The Kier molecular flexibility index (Phi) is 4.66. The van der Waals surface area contributed by atoms with Crippen molar-refractivity contribution < 1.29 is 10.2 Å². The molecule has 0 aromatic rings. The topological polar surface area (TPSA) is 40.5 Å². The van der Waals surface area contributed by atoms with Crippen LogP contribution in [0.5, 0.6) is 0 Å². The SMILES string of the molecule is OCC(O)CC(Cl)Cl. The molecule has 1 atom stereocenters. The van der Waals surface area contributed by atoms with Crippen molar-refractivity contribution in [3.63, 3.8) is 0 Å². The van der Waals surface area contributed by atoms with E-state index < -0.39 is 10.9 Å². The summed E-state index contributed by atoms with van der Waals surface area (Å²) in [7, 11) is 0. The van der Waals surface area contributed by atoms with E-state index in [-0.39, 0.29) is 13.0 Å². The van der Waals surface area contributed by atoms with Crippen LogP contribution >= 0.6 is 23.2 Å². The molecule has 0 bridgehead atoms. The monoisotopic (exact) mass is 158 g/mol. The summed E-state index contributed by atoms with van der Waals surface area (Å²) < 4.78 is 0. The Balaban J connectivity index is 3.10. The first-order valence-electron chi connectivity index (χ1n) is 2.24. The zero-order chi connectivity index (χ0) is 6.57. The van der Waals surface area contributed by atoms with E-state index in [1.165, 1.54) is 0 Å². The molecule has 8 heavy (non-hydrogen) atoms.